The summed E-state index contributed by atoms with van der Waals surface area (Å²) in [5.74, 6) is 1.21. The Kier molecular flexibility index (Phi) is 4.40. The number of nitrogens with zero attached hydrogens (tertiary/aromatic N) is 1. The zero-order chi connectivity index (χ0) is 14.8. The summed E-state index contributed by atoms with van der Waals surface area (Å²) in [4.78, 5) is 4.21. The van der Waals surface area contributed by atoms with Crippen molar-refractivity contribution in [3.8, 4) is 0 Å². The lowest BCUT2D eigenvalue weighted by Gasteiger charge is -2.33. The maximum absolute atomic E-state index is 12.9. The summed E-state index contributed by atoms with van der Waals surface area (Å²) in [6, 6.07) is 2.38. The molecule has 112 valence electrons. The zero-order valence-electron chi connectivity index (χ0n) is 11.7. The summed E-state index contributed by atoms with van der Waals surface area (Å²) in [5, 5.41) is 6.00. The lowest BCUT2D eigenvalue weighted by Crippen LogP contribution is -2.34. The van der Waals surface area contributed by atoms with Crippen molar-refractivity contribution in [2.75, 3.05) is 17.2 Å². The van der Waals surface area contributed by atoms with Gasteiger partial charge in [0.1, 0.15) is 11.6 Å². The van der Waals surface area contributed by atoms with Crippen LogP contribution >= 0.6 is 0 Å². The summed E-state index contributed by atoms with van der Waals surface area (Å²) in [5.41, 5.74) is -0.666. The van der Waals surface area contributed by atoms with Crippen LogP contribution in [0.5, 0.6) is 0 Å². The first kappa shape index (κ1) is 14.9. The number of hydrogen-bond acceptors (Lipinski definition) is 3. The van der Waals surface area contributed by atoms with Gasteiger partial charge in [-0.05, 0) is 37.3 Å². The highest BCUT2D eigenvalue weighted by Crippen LogP contribution is 2.34. The van der Waals surface area contributed by atoms with Crippen LogP contribution in [0.15, 0.2) is 12.1 Å². The molecule has 1 aliphatic rings. The normalized spacial score (nSPS) is 22.2. The Morgan fingerprint density at radius 3 is 2.45 bits per heavy atom. The van der Waals surface area contributed by atoms with E-state index in [2.05, 4.69) is 22.5 Å². The molecular weight excluding hydrogens is 267 g/mol. The van der Waals surface area contributed by atoms with Crippen LogP contribution in [0.1, 0.15) is 38.7 Å². The van der Waals surface area contributed by atoms with E-state index in [0.29, 0.717) is 18.3 Å². The van der Waals surface area contributed by atoms with Gasteiger partial charge in [0.25, 0.3) is 0 Å². The molecule has 0 bridgehead atoms. The number of aromatic nitrogens is 1. The molecule has 2 N–H and O–H groups in total. The number of hydrogen-bond donors (Lipinski definition) is 2. The third-order valence-corrected chi connectivity index (χ3v) is 3.43. The van der Waals surface area contributed by atoms with Crippen LogP contribution in [0.3, 0.4) is 0 Å². The summed E-state index contributed by atoms with van der Waals surface area (Å²) >= 11 is 0. The number of alkyl halides is 3. The van der Waals surface area contributed by atoms with Gasteiger partial charge in [-0.1, -0.05) is 13.8 Å². The van der Waals surface area contributed by atoms with Gasteiger partial charge in [0.15, 0.2) is 0 Å². The van der Waals surface area contributed by atoms with Crippen LogP contribution in [0, 0.1) is 5.92 Å². The third-order valence-electron chi connectivity index (χ3n) is 3.43. The van der Waals surface area contributed by atoms with E-state index >= 15 is 0 Å². The van der Waals surface area contributed by atoms with Crippen molar-refractivity contribution < 1.29 is 13.2 Å². The minimum Gasteiger partial charge on any atom is -0.370 e. The first-order valence-electron chi connectivity index (χ1n) is 6.98. The van der Waals surface area contributed by atoms with E-state index in [9.17, 15) is 13.2 Å². The van der Waals surface area contributed by atoms with Gasteiger partial charge in [0, 0.05) is 12.6 Å². The molecule has 2 rings (SSSR count). The summed E-state index contributed by atoms with van der Waals surface area (Å²) in [6.45, 7) is 4.69. The monoisotopic (exact) mass is 287 g/mol. The summed E-state index contributed by atoms with van der Waals surface area (Å²) in [7, 11) is 0. The molecule has 3 nitrogen and oxygen atoms in total. The van der Waals surface area contributed by atoms with Gasteiger partial charge in [-0.2, -0.15) is 13.2 Å². The van der Waals surface area contributed by atoms with Crippen LogP contribution in [0.4, 0.5) is 24.8 Å². The maximum Gasteiger partial charge on any atom is 0.416 e. The van der Waals surface area contributed by atoms with Crippen molar-refractivity contribution in [3.05, 3.63) is 17.7 Å². The minimum absolute atomic E-state index is 0.236. The van der Waals surface area contributed by atoms with Crippen molar-refractivity contribution in [3.63, 3.8) is 0 Å². The Morgan fingerprint density at radius 1 is 1.25 bits per heavy atom. The quantitative estimate of drug-likeness (QED) is 0.855. The molecule has 1 aliphatic carbocycles. The second-order valence-electron chi connectivity index (χ2n) is 5.47. The van der Waals surface area contributed by atoms with E-state index in [-0.39, 0.29) is 11.9 Å². The van der Waals surface area contributed by atoms with Crippen LogP contribution in [0.2, 0.25) is 0 Å². The number of rotatable bonds is 5. The Labute approximate surface area is 117 Å². The van der Waals surface area contributed by atoms with E-state index in [1.54, 1.807) is 0 Å². The fourth-order valence-electron chi connectivity index (χ4n) is 2.34. The molecule has 1 heterocycles. The van der Waals surface area contributed by atoms with E-state index in [4.69, 9.17) is 0 Å². The average molecular weight is 287 g/mol. The van der Waals surface area contributed by atoms with Crippen molar-refractivity contribution in [1.29, 1.82) is 0 Å². The fourth-order valence-corrected chi connectivity index (χ4v) is 2.34. The topological polar surface area (TPSA) is 37.0 Å². The molecule has 1 saturated carbocycles. The van der Waals surface area contributed by atoms with Gasteiger partial charge in [0.2, 0.25) is 0 Å². The number of nitrogens with one attached hydrogen (secondary N) is 2. The van der Waals surface area contributed by atoms with Crippen molar-refractivity contribution in [2.24, 2.45) is 5.92 Å². The van der Waals surface area contributed by atoms with Gasteiger partial charge in [-0.25, -0.2) is 4.98 Å². The summed E-state index contributed by atoms with van der Waals surface area (Å²) < 4.78 is 38.6. The minimum atomic E-state index is -4.35. The van der Waals surface area contributed by atoms with Gasteiger partial charge < -0.3 is 10.6 Å². The van der Waals surface area contributed by atoms with E-state index in [1.807, 2.05) is 6.92 Å². The second kappa shape index (κ2) is 5.89. The predicted molar refractivity (Wildman–Crippen MR) is 73.8 cm³/mol. The lowest BCUT2D eigenvalue weighted by molar-refractivity contribution is -0.137. The third kappa shape index (κ3) is 3.77. The van der Waals surface area contributed by atoms with Crippen LogP contribution in [-0.4, -0.2) is 17.6 Å². The Bertz CT molecular complexity index is 453. The fraction of sp³-hybridized carbons (Fsp3) is 0.643. The molecule has 0 aliphatic heterocycles. The van der Waals surface area contributed by atoms with Crippen LogP contribution < -0.4 is 10.6 Å². The molecule has 0 aromatic carbocycles. The van der Waals surface area contributed by atoms with E-state index in [1.165, 1.54) is 0 Å². The molecule has 1 aromatic heterocycles. The molecule has 0 saturated heterocycles. The second-order valence-corrected chi connectivity index (χ2v) is 5.47. The molecular formula is C14H20F3N3. The van der Waals surface area contributed by atoms with Gasteiger partial charge in [0.05, 0.1) is 5.56 Å². The van der Waals surface area contributed by atoms with Crippen LogP contribution in [0.25, 0.3) is 0 Å². The molecule has 20 heavy (non-hydrogen) atoms. The largest absolute Gasteiger partial charge is 0.416 e. The van der Waals surface area contributed by atoms with Crippen molar-refractivity contribution in [1.82, 2.24) is 4.98 Å². The molecule has 1 fully saturated rings. The molecule has 0 atom stereocenters. The Balaban J connectivity index is 2.16. The SMILES string of the molecule is CCCNc1cc(C(F)(F)F)cc(NC2CC(C)C2)n1. The molecule has 0 spiro atoms. The average Bonchev–Trinajstić information content (AvgIpc) is 2.33. The summed E-state index contributed by atoms with van der Waals surface area (Å²) in [6.07, 6.45) is -1.55. The predicted octanol–water partition coefficient (Wildman–Crippen LogP) is 4.13. The lowest BCUT2D eigenvalue weighted by atomic mass is 9.82. The molecule has 6 heteroatoms. The van der Waals surface area contributed by atoms with Gasteiger partial charge >= 0.3 is 6.18 Å². The molecule has 0 amide bonds. The molecule has 0 unspecified atom stereocenters. The standard InChI is InChI=1S/C14H20F3N3/c1-3-4-18-12-7-10(14(15,16)17)8-13(20-12)19-11-5-9(2)6-11/h7-9,11H,3-6H2,1-2H3,(H2,18,19,20). The number of pyridine rings is 1. The highest BCUT2D eigenvalue weighted by Gasteiger charge is 2.32. The van der Waals surface area contributed by atoms with Crippen LogP contribution in [-0.2, 0) is 6.18 Å². The Hall–Kier alpha value is -1.46. The maximum atomic E-state index is 12.9. The van der Waals surface area contributed by atoms with E-state index in [0.717, 1.165) is 31.4 Å². The first-order chi connectivity index (χ1) is 9.38. The van der Waals surface area contributed by atoms with Crippen molar-refractivity contribution >= 4 is 11.6 Å². The number of halogens is 3. The van der Waals surface area contributed by atoms with Gasteiger partial charge in [-0.15, -0.1) is 0 Å². The first-order valence-corrected chi connectivity index (χ1v) is 6.98. The van der Waals surface area contributed by atoms with Gasteiger partial charge in [-0.3, -0.25) is 0 Å². The zero-order valence-corrected chi connectivity index (χ0v) is 11.7. The smallest absolute Gasteiger partial charge is 0.370 e. The Morgan fingerprint density at radius 2 is 1.90 bits per heavy atom. The highest BCUT2D eigenvalue weighted by atomic mass is 19.4. The molecule has 1 aromatic rings. The molecule has 0 radical (unpaired) electrons. The number of anilines is 2. The van der Waals surface area contributed by atoms with Crippen molar-refractivity contribution in [2.45, 2.75) is 45.3 Å². The highest BCUT2D eigenvalue weighted by molar-refractivity contribution is 5.50. The van der Waals surface area contributed by atoms with E-state index < -0.39 is 11.7 Å².